The van der Waals surface area contributed by atoms with E-state index in [4.69, 9.17) is 0 Å². The highest BCUT2D eigenvalue weighted by Gasteiger charge is 2.17. The zero-order valence-corrected chi connectivity index (χ0v) is 7.63. The molecule has 0 amide bonds. The average molecular weight is 169 g/mol. The molecule has 1 N–H and O–H groups in total. The summed E-state index contributed by atoms with van der Waals surface area (Å²) in [5, 5.41) is 3.00. The zero-order valence-electron chi connectivity index (χ0n) is 7.63. The van der Waals surface area contributed by atoms with Gasteiger partial charge in [-0.1, -0.05) is 0 Å². The first-order chi connectivity index (χ1) is 5.77. The molecule has 1 fully saturated rings. The Morgan fingerprint density at radius 2 is 2.08 bits per heavy atom. The first kappa shape index (κ1) is 9.03. The molecule has 0 aromatic heterocycles. The van der Waals surface area contributed by atoms with Crippen molar-refractivity contribution in [2.75, 3.05) is 27.2 Å². The summed E-state index contributed by atoms with van der Waals surface area (Å²) >= 11 is 0. The number of nitrogens with one attached hydrogen (secondary N) is 1. The number of piperidine rings is 1. The number of guanidine groups is 1. The number of Topliss-reactive ketones (excluding diaryl/α,β-unsaturated/α-hetero) is 1. The first-order valence-electron chi connectivity index (χ1n) is 4.19. The highest BCUT2D eigenvalue weighted by Crippen LogP contribution is 2.04. The van der Waals surface area contributed by atoms with E-state index in [9.17, 15) is 4.79 Å². The second kappa shape index (κ2) is 4.09. The van der Waals surface area contributed by atoms with Gasteiger partial charge in [-0.05, 0) is 0 Å². The molecule has 1 saturated heterocycles. The van der Waals surface area contributed by atoms with E-state index in [-0.39, 0.29) is 0 Å². The molecule has 0 bridgehead atoms. The van der Waals surface area contributed by atoms with Crippen LogP contribution in [0.15, 0.2) is 4.99 Å². The molecule has 0 radical (unpaired) electrons. The summed E-state index contributed by atoms with van der Waals surface area (Å²) < 4.78 is 0. The van der Waals surface area contributed by atoms with Gasteiger partial charge in [-0.15, -0.1) is 0 Å². The number of hydrogen-bond donors (Lipinski definition) is 1. The highest BCUT2D eigenvalue weighted by atomic mass is 16.1. The molecular formula is C8H15N3O. The van der Waals surface area contributed by atoms with Crippen LogP contribution >= 0.6 is 0 Å². The van der Waals surface area contributed by atoms with Gasteiger partial charge in [0.25, 0.3) is 0 Å². The Bertz CT molecular complexity index is 190. The molecule has 0 saturated carbocycles. The zero-order chi connectivity index (χ0) is 8.97. The molecule has 68 valence electrons. The van der Waals surface area contributed by atoms with Crippen LogP contribution in [0.4, 0.5) is 0 Å². The fourth-order valence-corrected chi connectivity index (χ4v) is 1.38. The molecule has 1 heterocycles. The van der Waals surface area contributed by atoms with Gasteiger partial charge >= 0.3 is 0 Å². The van der Waals surface area contributed by atoms with Gasteiger partial charge in [-0.2, -0.15) is 0 Å². The van der Waals surface area contributed by atoms with Gasteiger partial charge in [0.05, 0.1) is 0 Å². The number of ketones is 1. The number of carbonyl (C=O) groups is 1. The summed E-state index contributed by atoms with van der Waals surface area (Å²) in [7, 11) is 3.60. The Labute approximate surface area is 72.7 Å². The molecule has 0 aliphatic carbocycles. The summed E-state index contributed by atoms with van der Waals surface area (Å²) in [6.45, 7) is 1.60. The molecule has 0 aromatic carbocycles. The van der Waals surface area contributed by atoms with Gasteiger partial charge in [-0.3, -0.25) is 9.79 Å². The van der Waals surface area contributed by atoms with Crippen molar-refractivity contribution in [3.8, 4) is 0 Å². The van der Waals surface area contributed by atoms with Crippen LogP contribution in [-0.4, -0.2) is 43.8 Å². The Kier molecular flexibility index (Phi) is 3.08. The summed E-state index contributed by atoms with van der Waals surface area (Å²) in [5.41, 5.74) is 0. The van der Waals surface area contributed by atoms with Gasteiger partial charge in [0.15, 0.2) is 5.96 Å². The predicted octanol–water partition coefficient (Wildman–Crippen LogP) is -0.143. The van der Waals surface area contributed by atoms with Crippen LogP contribution in [0.2, 0.25) is 0 Å². The summed E-state index contributed by atoms with van der Waals surface area (Å²) in [6.07, 6.45) is 1.31. The monoisotopic (exact) mass is 169 g/mol. The second-order valence-corrected chi connectivity index (χ2v) is 2.82. The van der Waals surface area contributed by atoms with Gasteiger partial charge in [0, 0.05) is 40.0 Å². The molecule has 1 rings (SSSR count). The predicted molar refractivity (Wildman–Crippen MR) is 48.2 cm³/mol. The van der Waals surface area contributed by atoms with E-state index in [1.807, 2.05) is 7.05 Å². The third-order valence-electron chi connectivity index (χ3n) is 2.06. The van der Waals surface area contributed by atoms with E-state index < -0.39 is 0 Å². The van der Waals surface area contributed by atoms with E-state index in [0.29, 0.717) is 18.6 Å². The summed E-state index contributed by atoms with van der Waals surface area (Å²) in [5.74, 6) is 1.24. The van der Waals surface area contributed by atoms with Crippen LogP contribution in [0.1, 0.15) is 12.8 Å². The topological polar surface area (TPSA) is 44.7 Å². The number of nitrogens with zero attached hydrogens (tertiary/aromatic N) is 2. The number of hydrogen-bond acceptors (Lipinski definition) is 2. The SMILES string of the molecule is C/N=C(\NC)N1CCC(=O)CC1. The largest absolute Gasteiger partial charge is 0.359 e. The lowest BCUT2D eigenvalue weighted by molar-refractivity contribution is -0.120. The van der Waals surface area contributed by atoms with E-state index in [0.717, 1.165) is 19.0 Å². The minimum Gasteiger partial charge on any atom is -0.359 e. The van der Waals surface area contributed by atoms with E-state index in [1.54, 1.807) is 7.05 Å². The molecule has 0 atom stereocenters. The highest BCUT2D eigenvalue weighted by molar-refractivity contribution is 5.84. The number of rotatable bonds is 0. The van der Waals surface area contributed by atoms with Crippen molar-refractivity contribution < 1.29 is 4.79 Å². The maximum atomic E-state index is 10.9. The number of aliphatic imine (C=N–C) groups is 1. The van der Waals surface area contributed by atoms with Crippen molar-refractivity contribution in [3.63, 3.8) is 0 Å². The minimum absolute atomic E-state index is 0.359. The molecular weight excluding hydrogens is 154 g/mol. The van der Waals surface area contributed by atoms with Crippen LogP contribution < -0.4 is 5.32 Å². The lowest BCUT2D eigenvalue weighted by Gasteiger charge is -2.28. The van der Waals surface area contributed by atoms with Crippen molar-refractivity contribution in [3.05, 3.63) is 0 Å². The van der Waals surface area contributed by atoms with Gasteiger partial charge in [0.2, 0.25) is 0 Å². The molecule has 4 heteroatoms. The fraction of sp³-hybridized carbons (Fsp3) is 0.750. The van der Waals surface area contributed by atoms with Gasteiger partial charge < -0.3 is 10.2 Å². The normalized spacial score (nSPS) is 19.7. The van der Waals surface area contributed by atoms with E-state index in [1.165, 1.54) is 0 Å². The van der Waals surface area contributed by atoms with Crippen LogP contribution in [0, 0.1) is 0 Å². The Balaban J connectivity index is 2.48. The van der Waals surface area contributed by atoms with Crippen molar-refractivity contribution in [2.45, 2.75) is 12.8 Å². The van der Waals surface area contributed by atoms with Crippen LogP contribution in [0.5, 0.6) is 0 Å². The molecule has 12 heavy (non-hydrogen) atoms. The van der Waals surface area contributed by atoms with Crippen molar-refractivity contribution >= 4 is 11.7 Å². The summed E-state index contributed by atoms with van der Waals surface area (Å²) in [6, 6.07) is 0. The average Bonchev–Trinajstić information content (AvgIpc) is 2.10. The third-order valence-corrected chi connectivity index (χ3v) is 2.06. The van der Waals surface area contributed by atoms with Crippen molar-refractivity contribution in [1.29, 1.82) is 0 Å². The molecule has 0 spiro atoms. The Morgan fingerprint density at radius 3 is 2.50 bits per heavy atom. The minimum atomic E-state index is 0.359. The molecule has 1 aliphatic heterocycles. The number of likely N-dealkylation sites (tertiary alicyclic amines) is 1. The smallest absolute Gasteiger partial charge is 0.193 e. The maximum Gasteiger partial charge on any atom is 0.193 e. The lowest BCUT2D eigenvalue weighted by Crippen LogP contribution is -2.44. The molecule has 0 aromatic rings. The standard InChI is InChI=1S/C8H15N3O/c1-9-8(10-2)11-5-3-7(12)4-6-11/h3-6H2,1-2H3,(H,9,10). The van der Waals surface area contributed by atoms with Crippen molar-refractivity contribution in [1.82, 2.24) is 10.2 Å². The Morgan fingerprint density at radius 1 is 1.50 bits per heavy atom. The first-order valence-corrected chi connectivity index (χ1v) is 4.19. The van der Waals surface area contributed by atoms with Crippen molar-refractivity contribution in [2.24, 2.45) is 4.99 Å². The fourth-order valence-electron chi connectivity index (χ4n) is 1.38. The quantitative estimate of drug-likeness (QED) is 0.405. The third kappa shape index (κ3) is 1.96. The molecule has 4 nitrogen and oxygen atoms in total. The van der Waals surface area contributed by atoms with Crippen LogP contribution in [0.3, 0.4) is 0 Å². The maximum absolute atomic E-state index is 10.9. The lowest BCUT2D eigenvalue weighted by atomic mass is 10.1. The molecule has 1 aliphatic rings. The van der Waals surface area contributed by atoms with Gasteiger partial charge in [0.1, 0.15) is 5.78 Å². The second-order valence-electron chi connectivity index (χ2n) is 2.82. The van der Waals surface area contributed by atoms with E-state index in [2.05, 4.69) is 15.2 Å². The van der Waals surface area contributed by atoms with Crippen LogP contribution in [0.25, 0.3) is 0 Å². The van der Waals surface area contributed by atoms with Gasteiger partial charge in [-0.25, -0.2) is 0 Å². The summed E-state index contributed by atoms with van der Waals surface area (Å²) in [4.78, 5) is 17.1. The molecule has 0 unspecified atom stereocenters. The van der Waals surface area contributed by atoms with Crippen LogP contribution in [-0.2, 0) is 4.79 Å². The van der Waals surface area contributed by atoms with E-state index >= 15 is 0 Å². The number of carbonyl (C=O) groups excluding carboxylic acids is 1. The Hall–Kier alpha value is -1.06.